The van der Waals surface area contributed by atoms with E-state index in [4.69, 9.17) is 12.2 Å². The zero-order valence-electron chi connectivity index (χ0n) is 12.1. The molecule has 0 atom stereocenters. The minimum absolute atomic E-state index is 0.0150. The quantitative estimate of drug-likeness (QED) is 0.755. The van der Waals surface area contributed by atoms with Crippen LogP contribution in [0.1, 0.15) is 22.9 Å². The molecule has 0 fully saturated rings. The number of H-pyrrole nitrogens is 1. The Kier molecular flexibility index (Phi) is 3.54. The van der Waals surface area contributed by atoms with Crippen molar-refractivity contribution in [1.82, 2.24) is 19.3 Å². The van der Waals surface area contributed by atoms with Gasteiger partial charge in [-0.1, -0.05) is 6.92 Å². The lowest BCUT2D eigenvalue weighted by Gasteiger charge is -2.05. The van der Waals surface area contributed by atoms with Crippen molar-refractivity contribution in [3.8, 4) is 0 Å². The first-order chi connectivity index (χ1) is 10.0. The van der Waals surface area contributed by atoms with Crippen molar-refractivity contribution in [2.45, 2.75) is 26.8 Å². The largest absolute Gasteiger partial charge is 0.323 e. The lowest BCUT2D eigenvalue weighted by atomic mass is 10.1. The molecule has 3 rings (SSSR count). The molecule has 0 aliphatic rings. The molecule has 0 aromatic carbocycles. The normalized spacial score (nSPS) is 11.4. The number of aryl methyl sites for hydroxylation is 3. The van der Waals surface area contributed by atoms with Crippen LogP contribution < -0.4 is 5.56 Å². The number of fused-ring (bicyclic) bond motifs is 1. The first kappa shape index (κ1) is 14.2. The summed E-state index contributed by atoms with van der Waals surface area (Å²) in [6.07, 6.45) is 4.49. The summed E-state index contributed by atoms with van der Waals surface area (Å²) in [5.74, 6) is 0. The SMILES string of the molecule is CCc1c(C)sc2[nH]c(=S)n(Cc3cnn(C)c3)c(=O)c12. The van der Waals surface area contributed by atoms with E-state index in [1.54, 1.807) is 26.8 Å². The molecule has 0 radical (unpaired) electrons. The first-order valence-corrected chi connectivity index (χ1v) is 7.96. The fourth-order valence-corrected chi connectivity index (χ4v) is 4.04. The molecule has 7 heteroatoms. The molecule has 5 nitrogen and oxygen atoms in total. The summed E-state index contributed by atoms with van der Waals surface area (Å²) >= 11 is 6.95. The Bertz CT molecular complexity index is 929. The summed E-state index contributed by atoms with van der Waals surface area (Å²) in [5.41, 5.74) is 2.06. The highest BCUT2D eigenvalue weighted by molar-refractivity contribution is 7.71. The van der Waals surface area contributed by atoms with E-state index in [0.717, 1.165) is 27.8 Å². The average Bonchev–Trinajstić information content (AvgIpc) is 2.97. The second-order valence-electron chi connectivity index (χ2n) is 5.04. The second kappa shape index (κ2) is 5.23. The van der Waals surface area contributed by atoms with Crippen LogP contribution in [0, 0.1) is 11.7 Å². The first-order valence-electron chi connectivity index (χ1n) is 6.74. The van der Waals surface area contributed by atoms with Gasteiger partial charge in [-0.3, -0.25) is 14.0 Å². The van der Waals surface area contributed by atoms with Gasteiger partial charge in [0.1, 0.15) is 4.83 Å². The fraction of sp³-hybridized carbons (Fsp3) is 0.357. The number of rotatable bonds is 3. The molecule has 3 aromatic heterocycles. The summed E-state index contributed by atoms with van der Waals surface area (Å²) in [6, 6.07) is 0. The van der Waals surface area contributed by atoms with Crippen molar-refractivity contribution in [3.63, 3.8) is 0 Å². The summed E-state index contributed by atoms with van der Waals surface area (Å²) in [7, 11) is 1.85. The molecule has 0 aliphatic heterocycles. The summed E-state index contributed by atoms with van der Waals surface area (Å²) in [4.78, 5) is 18.1. The van der Waals surface area contributed by atoms with Crippen molar-refractivity contribution in [2.75, 3.05) is 0 Å². The Hall–Kier alpha value is -1.73. The maximum atomic E-state index is 12.8. The van der Waals surface area contributed by atoms with Gasteiger partial charge in [-0.05, 0) is 31.1 Å². The number of hydrogen-bond donors (Lipinski definition) is 1. The van der Waals surface area contributed by atoms with Crippen molar-refractivity contribution in [3.05, 3.63) is 43.5 Å². The topological polar surface area (TPSA) is 55.6 Å². The van der Waals surface area contributed by atoms with Crippen LogP contribution in [0.2, 0.25) is 0 Å². The molecule has 0 amide bonds. The van der Waals surface area contributed by atoms with Crippen LogP contribution in [0.25, 0.3) is 10.2 Å². The lowest BCUT2D eigenvalue weighted by Crippen LogP contribution is -2.22. The Morgan fingerprint density at radius 2 is 2.24 bits per heavy atom. The molecule has 0 bridgehead atoms. The van der Waals surface area contributed by atoms with Gasteiger partial charge in [-0.15, -0.1) is 11.3 Å². The van der Waals surface area contributed by atoms with Crippen molar-refractivity contribution in [1.29, 1.82) is 0 Å². The molecule has 0 aliphatic carbocycles. The molecule has 110 valence electrons. The lowest BCUT2D eigenvalue weighted by molar-refractivity contribution is 0.730. The van der Waals surface area contributed by atoms with Crippen molar-refractivity contribution < 1.29 is 0 Å². The van der Waals surface area contributed by atoms with E-state index < -0.39 is 0 Å². The molecule has 21 heavy (non-hydrogen) atoms. The molecular weight excluding hydrogens is 304 g/mol. The summed E-state index contributed by atoms with van der Waals surface area (Å²) in [5, 5.41) is 4.91. The molecule has 3 aromatic rings. The predicted molar refractivity (Wildman–Crippen MR) is 87.7 cm³/mol. The van der Waals surface area contributed by atoms with Crippen LogP contribution in [0.4, 0.5) is 0 Å². The van der Waals surface area contributed by atoms with Gasteiger partial charge in [0.2, 0.25) is 0 Å². The highest BCUT2D eigenvalue weighted by atomic mass is 32.1. The monoisotopic (exact) mass is 320 g/mol. The second-order valence-corrected chi connectivity index (χ2v) is 6.65. The Labute approximate surface area is 130 Å². The minimum Gasteiger partial charge on any atom is -0.323 e. The Balaban J connectivity index is 2.23. The fourth-order valence-electron chi connectivity index (χ4n) is 2.59. The molecule has 0 saturated carbocycles. The van der Waals surface area contributed by atoms with Gasteiger partial charge in [0, 0.05) is 23.7 Å². The molecular formula is C14H16N4OS2. The van der Waals surface area contributed by atoms with Gasteiger partial charge >= 0.3 is 0 Å². The van der Waals surface area contributed by atoms with E-state index in [0.29, 0.717) is 11.3 Å². The average molecular weight is 320 g/mol. The number of hydrogen-bond acceptors (Lipinski definition) is 4. The van der Waals surface area contributed by atoms with Crippen LogP contribution in [0.5, 0.6) is 0 Å². The maximum Gasteiger partial charge on any atom is 0.263 e. The van der Waals surface area contributed by atoms with Crippen LogP contribution >= 0.6 is 23.6 Å². The Morgan fingerprint density at radius 3 is 2.86 bits per heavy atom. The number of nitrogens with one attached hydrogen (secondary N) is 1. The van der Waals surface area contributed by atoms with E-state index >= 15 is 0 Å². The van der Waals surface area contributed by atoms with E-state index in [-0.39, 0.29) is 5.56 Å². The highest BCUT2D eigenvalue weighted by Crippen LogP contribution is 2.27. The van der Waals surface area contributed by atoms with E-state index in [9.17, 15) is 4.79 Å². The molecule has 0 saturated heterocycles. The molecule has 0 spiro atoms. The maximum absolute atomic E-state index is 12.8. The standard InChI is InChI=1S/C14H16N4OS2/c1-4-10-8(2)21-12-11(10)13(19)18(14(20)16-12)7-9-5-15-17(3)6-9/h5-6H,4,7H2,1-3H3,(H,16,20). The van der Waals surface area contributed by atoms with Crippen LogP contribution in [-0.2, 0) is 20.0 Å². The van der Waals surface area contributed by atoms with Crippen LogP contribution in [0.3, 0.4) is 0 Å². The highest BCUT2D eigenvalue weighted by Gasteiger charge is 2.14. The van der Waals surface area contributed by atoms with Crippen molar-refractivity contribution >= 4 is 33.8 Å². The number of nitrogens with zero attached hydrogens (tertiary/aromatic N) is 3. The van der Waals surface area contributed by atoms with Gasteiger partial charge in [0.25, 0.3) is 5.56 Å². The van der Waals surface area contributed by atoms with Crippen LogP contribution in [-0.4, -0.2) is 19.3 Å². The zero-order valence-corrected chi connectivity index (χ0v) is 13.8. The third kappa shape index (κ3) is 2.36. The third-order valence-corrected chi connectivity index (χ3v) is 4.97. The minimum atomic E-state index is -0.0150. The van der Waals surface area contributed by atoms with E-state index in [1.807, 2.05) is 20.2 Å². The molecule has 1 N–H and O–H groups in total. The van der Waals surface area contributed by atoms with Gasteiger partial charge in [-0.25, -0.2) is 0 Å². The molecule has 0 unspecified atom stereocenters. The predicted octanol–water partition coefficient (Wildman–Crippen LogP) is 2.77. The van der Waals surface area contributed by atoms with Gasteiger partial charge < -0.3 is 4.98 Å². The summed E-state index contributed by atoms with van der Waals surface area (Å²) < 4.78 is 3.79. The van der Waals surface area contributed by atoms with E-state index in [1.165, 1.54) is 4.88 Å². The summed E-state index contributed by atoms with van der Waals surface area (Å²) in [6.45, 7) is 4.56. The van der Waals surface area contributed by atoms with Crippen molar-refractivity contribution in [2.24, 2.45) is 7.05 Å². The van der Waals surface area contributed by atoms with E-state index in [2.05, 4.69) is 17.0 Å². The number of aromatic nitrogens is 4. The van der Waals surface area contributed by atoms with Gasteiger partial charge in [-0.2, -0.15) is 5.10 Å². The third-order valence-electron chi connectivity index (χ3n) is 3.59. The zero-order chi connectivity index (χ0) is 15.1. The number of aromatic amines is 1. The van der Waals surface area contributed by atoms with Gasteiger partial charge in [0.15, 0.2) is 4.77 Å². The van der Waals surface area contributed by atoms with Gasteiger partial charge in [0.05, 0.1) is 18.1 Å². The Morgan fingerprint density at radius 1 is 1.48 bits per heavy atom. The smallest absolute Gasteiger partial charge is 0.263 e. The molecule has 3 heterocycles. The van der Waals surface area contributed by atoms with Crippen LogP contribution in [0.15, 0.2) is 17.2 Å². The number of thiophene rings is 1.